The highest BCUT2D eigenvalue weighted by Crippen LogP contribution is 2.21. The lowest BCUT2D eigenvalue weighted by Gasteiger charge is -2.29. The summed E-state index contributed by atoms with van der Waals surface area (Å²) in [6, 6.07) is 5.23. The highest BCUT2D eigenvalue weighted by Gasteiger charge is 2.24. The number of ether oxygens (including phenoxy) is 3. The number of nitrogens with zero attached hydrogens (tertiary/aromatic N) is 1. The number of nitrogens with one attached hydrogen (secondary N) is 3. The summed E-state index contributed by atoms with van der Waals surface area (Å²) < 4.78 is 15.3. The third-order valence-corrected chi connectivity index (χ3v) is 3.89. The van der Waals surface area contributed by atoms with Crippen molar-refractivity contribution in [2.75, 3.05) is 27.8 Å². The second-order valence-electron chi connectivity index (χ2n) is 8.32. The first-order valence-corrected chi connectivity index (χ1v) is 9.61. The van der Waals surface area contributed by atoms with Crippen LogP contribution in [0.15, 0.2) is 23.2 Å². The predicted octanol–water partition coefficient (Wildman–Crippen LogP) is 2.45. The number of alkyl carbamates (subject to hydrolysis) is 1. The van der Waals surface area contributed by atoms with E-state index in [4.69, 9.17) is 14.2 Å². The van der Waals surface area contributed by atoms with E-state index in [9.17, 15) is 9.59 Å². The number of methoxy groups -OCH3 is 2. The second-order valence-corrected chi connectivity index (χ2v) is 8.32. The van der Waals surface area contributed by atoms with Gasteiger partial charge in [0.15, 0.2) is 5.96 Å². The monoisotopic (exact) mass is 422 g/mol. The molecule has 0 aliphatic heterocycles. The first-order valence-electron chi connectivity index (χ1n) is 9.61. The second kappa shape index (κ2) is 10.7. The van der Waals surface area contributed by atoms with Crippen molar-refractivity contribution in [1.82, 2.24) is 16.0 Å². The fraction of sp³-hybridized carbons (Fsp3) is 0.571. The Morgan fingerprint density at radius 3 is 2.27 bits per heavy atom. The molecule has 3 N–H and O–H groups in total. The molecule has 0 saturated carbocycles. The van der Waals surface area contributed by atoms with Crippen LogP contribution in [0.4, 0.5) is 4.79 Å². The molecule has 9 heteroatoms. The Labute approximate surface area is 178 Å². The molecule has 0 atom stereocenters. The Kier molecular flexibility index (Phi) is 8.94. The third-order valence-electron chi connectivity index (χ3n) is 3.89. The number of amides is 1. The van der Waals surface area contributed by atoms with Gasteiger partial charge in [0.1, 0.15) is 16.9 Å². The lowest BCUT2D eigenvalue weighted by atomic mass is 10.1. The number of hydrogen-bond donors (Lipinski definition) is 3. The van der Waals surface area contributed by atoms with E-state index in [2.05, 4.69) is 20.9 Å². The Morgan fingerprint density at radius 1 is 1.07 bits per heavy atom. The molecule has 0 bridgehead atoms. The first-order chi connectivity index (χ1) is 13.9. The minimum atomic E-state index is -0.564. The molecule has 1 aromatic rings. The molecule has 0 spiro atoms. The predicted molar refractivity (Wildman–Crippen MR) is 116 cm³/mol. The van der Waals surface area contributed by atoms with E-state index < -0.39 is 23.2 Å². The molecule has 0 saturated heterocycles. The number of benzene rings is 1. The first kappa shape index (κ1) is 25.1. The van der Waals surface area contributed by atoms with Crippen LogP contribution in [0.3, 0.4) is 0 Å². The maximum Gasteiger partial charge on any atom is 0.408 e. The summed E-state index contributed by atoms with van der Waals surface area (Å²) >= 11 is 0. The van der Waals surface area contributed by atoms with Crippen LogP contribution >= 0.6 is 0 Å². The average molecular weight is 423 g/mol. The largest absolute Gasteiger partial charge is 0.496 e. The van der Waals surface area contributed by atoms with Crippen LogP contribution in [-0.2, 0) is 16.0 Å². The zero-order valence-corrected chi connectivity index (χ0v) is 19.1. The summed E-state index contributed by atoms with van der Waals surface area (Å²) in [6.07, 6.45) is -0.477. The normalized spacial score (nSPS) is 12.1. The van der Waals surface area contributed by atoms with Gasteiger partial charge in [0.05, 0.1) is 19.8 Å². The fourth-order valence-corrected chi connectivity index (χ4v) is 2.46. The molecule has 0 heterocycles. The highest BCUT2D eigenvalue weighted by molar-refractivity contribution is 5.92. The quantitative estimate of drug-likeness (QED) is 0.352. The van der Waals surface area contributed by atoms with Crippen molar-refractivity contribution < 1.29 is 23.8 Å². The van der Waals surface area contributed by atoms with Gasteiger partial charge in [0.2, 0.25) is 0 Å². The Morgan fingerprint density at radius 2 is 1.73 bits per heavy atom. The lowest BCUT2D eigenvalue weighted by molar-refractivity contribution is 0.0473. The molecule has 0 radical (unpaired) electrons. The van der Waals surface area contributed by atoms with Gasteiger partial charge in [-0.2, -0.15) is 0 Å². The Hall–Kier alpha value is -2.97. The van der Waals surface area contributed by atoms with Gasteiger partial charge >= 0.3 is 12.1 Å². The molecular formula is C21H34N4O5. The fourth-order valence-electron chi connectivity index (χ4n) is 2.46. The van der Waals surface area contributed by atoms with E-state index in [1.165, 1.54) is 14.2 Å². The molecule has 1 amide bonds. The topological polar surface area (TPSA) is 110 Å². The number of carbonyl (C=O) groups is 2. The van der Waals surface area contributed by atoms with Gasteiger partial charge in [-0.25, -0.2) is 9.59 Å². The van der Waals surface area contributed by atoms with E-state index in [0.29, 0.717) is 30.4 Å². The zero-order valence-electron chi connectivity index (χ0n) is 19.1. The van der Waals surface area contributed by atoms with Gasteiger partial charge in [0.25, 0.3) is 0 Å². The Balaban J connectivity index is 2.65. The molecule has 1 aromatic carbocycles. The molecule has 0 fully saturated rings. The average Bonchev–Trinajstić information content (AvgIpc) is 2.65. The van der Waals surface area contributed by atoms with Crippen LogP contribution in [0, 0.1) is 0 Å². The van der Waals surface area contributed by atoms with Crippen molar-refractivity contribution in [1.29, 1.82) is 0 Å². The van der Waals surface area contributed by atoms with Crippen LogP contribution in [0.2, 0.25) is 0 Å². The van der Waals surface area contributed by atoms with Gasteiger partial charge < -0.3 is 30.2 Å². The number of esters is 1. The van der Waals surface area contributed by atoms with Crippen molar-refractivity contribution in [2.24, 2.45) is 4.99 Å². The molecule has 1 rings (SSSR count). The molecular weight excluding hydrogens is 388 g/mol. The van der Waals surface area contributed by atoms with Gasteiger partial charge in [-0.15, -0.1) is 0 Å². The smallest absolute Gasteiger partial charge is 0.408 e. The summed E-state index contributed by atoms with van der Waals surface area (Å²) in [6.45, 7) is 10.1. The molecule has 0 aliphatic rings. The van der Waals surface area contributed by atoms with E-state index in [0.717, 1.165) is 5.56 Å². The van der Waals surface area contributed by atoms with Crippen LogP contribution in [0.1, 0.15) is 50.5 Å². The molecule has 0 aromatic heterocycles. The zero-order chi connectivity index (χ0) is 22.9. The van der Waals surface area contributed by atoms with Crippen molar-refractivity contribution >= 4 is 18.0 Å². The molecule has 168 valence electrons. The number of guanidine groups is 1. The van der Waals surface area contributed by atoms with E-state index >= 15 is 0 Å². The standard InChI is InChI=1S/C21H34N4O5/c1-20(2,3)30-19(27)25-21(4,5)13-24-18(22-6)23-12-14-9-10-15(17(26)29-8)16(11-14)28-7/h9-11H,12-13H2,1-8H3,(H,25,27)(H2,22,23,24). The molecule has 30 heavy (non-hydrogen) atoms. The number of aliphatic imine (C=N–C) groups is 1. The van der Waals surface area contributed by atoms with Crippen LogP contribution in [0.25, 0.3) is 0 Å². The maximum absolute atomic E-state index is 12.0. The van der Waals surface area contributed by atoms with Gasteiger partial charge in [-0.3, -0.25) is 4.99 Å². The number of rotatable bonds is 7. The summed E-state index contributed by atoms with van der Waals surface area (Å²) in [5, 5.41) is 9.20. The van der Waals surface area contributed by atoms with Crippen molar-refractivity contribution in [3.63, 3.8) is 0 Å². The summed E-state index contributed by atoms with van der Waals surface area (Å²) in [7, 11) is 4.48. The summed E-state index contributed by atoms with van der Waals surface area (Å²) in [5.41, 5.74) is 0.135. The van der Waals surface area contributed by atoms with Crippen LogP contribution in [0.5, 0.6) is 5.75 Å². The summed E-state index contributed by atoms with van der Waals surface area (Å²) in [4.78, 5) is 28.0. The van der Waals surface area contributed by atoms with E-state index in [-0.39, 0.29) is 0 Å². The molecule has 9 nitrogen and oxygen atoms in total. The number of hydrogen-bond acceptors (Lipinski definition) is 6. The molecule has 0 unspecified atom stereocenters. The minimum absolute atomic E-state index is 0.362. The number of carbonyl (C=O) groups excluding carboxylic acids is 2. The maximum atomic E-state index is 12.0. The summed E-state index contributed by atoms with van der Waals surface area (Å²) in [5.74, 6) is 0.542. The van der Waals surface area contributed by atoms with Crippen LogP contribution in [-0.4, -0.2) is 57.0 Å². The van der Waals surface area contributed by atoms with Crippen LogP contribution < -0.4 is 20.7 Å². The van der Waals surface area contributed by atoms with Gasteiger partial charge in [-0.05, 0) is 52.3 Å². The van der Waals surface area contributed by atoms with Gasteiger partial charge in [-0.1, -0.05) is 6.07 Å². The van der Waals surface area contributed by atoms with E-state index in [1.807, 2.05) is 40.7 Å². The highest BCUT2D eigenvalue weighted by atomic mass is 16.6. The van der Waals surface area contributed by atoms with Crippen molar-refractivity contribution in [3.8, 4) is 5.75 Å². The van der Waals surface area contributed by atoms with E-state index in [1.54, 1.807) is 19.2 Å². The van der Waals surface area contributed by atoms with Gasteiger partial charge in [0, 0.05) is 20.1 Å². The molecule has 0 aliphatic carbocycles. The van der Waals surface area contributed by atoms with Crippen molar-refractivity contribution in [2.45, 2.75) is 52.3 Å². The lowest BCUT2D eigenvalue weighted by Crippen LogP contribution is -2.54. The van der Waals surface area contributed by atoms with Crippen molar-refractivity contribution in [3.05, 3.63) is 29.3 Å². The third kappa shape index (κ3) is 8.59. The minimum Gasteiger partial charge on any atom is -0.496 e. The SMILES string of the molecule is CN=C(NCc1ccc(C(=O)OC)c(OC)c1)NCC(C)(C)NC(=O)OC(C)(C)C. The Bertz CT molecular complexity index is 769.